The van der Waals surface area contributed by atoms with Crippen LogP contribution in [0.15, 0.2) is 6.07 Å². The predicted octanol–water partition coefficient (Wildman–Crippen LogP) is 3.63. The van der Waals surface area contributed by atoms with Crippen LogP contribution >= 0.6 is 11.3 Å². The molecule has 4 rings (SSSR count). The van der Waals surface area contributed by atoms with Gasteiger partial charge in [0.05, 0.1) is 4.88 Å². The Morgan fingerprint density at radius 3 is 2.52 bits per heavy atom. The fourth-order valence-corrected chi connectivity index (χ4v) is 5.25. The maximum absolute atomic E-state index is 12.6. The van der Waals surface area contributed by atoms with Crippen LogP contribution in [0.4, 0.5) is 0 Å². The highest BCUT2D eigenvalue weighted by atomic mass is 32.1. The summed E-state index contributed by atoms with van der Waals surface area (Å²) in [6.45, 7) is 4.06. The molecule has 0 unspecified atom stereocenters. The van der Waals surface area contributed by atoms with Gasteiger partial charge >= 0.3 is 0 Å². The largest absolute Gasteiger partial charge is 0.338 e. The smallest absolute Gasteiger partial charge is 0.263 e. The van der Waals surface area contributed by atoms with Crippen molar-refractivity contribution in [2.45, 2.75) is 64.1 Å². The summed E-state index contributed by atoms with van der Waals surface area (Å²) in [5.41, 5.74) is 1.42. The van der Waals surface area contributed by atoms with E-state index in [0.717, 1.165) is 37.1 Å². The summed E-state index contributed by atoms with van der Waals surface area (Å²) in [5, 5.41) is 0. The molecule has 2 fully saturated rings. The van der Waals surface area contributed by atoms with Gasteiger partial charge in [-0.25, -0.2) is 0 Å². The van der Waals surface area contributed by atoms with E-state index in [-0.39, 0.29) is 5.91 Å². The van der Waals surface area contributed by atoms with Gasteiger partial charge in [-0.3, -0.25) is 9.69 Å². The molecule has 114 valence electrons. The molecule has 4 heteroatoms. The summed E-state index contributed by atoms with van der Waals surface area (Å²) in [6.07, 6.45) is 9.16. The molecule has 0 radical (unpaired) electrons. The van der Waals surface area contributed by atoms with Gasteiger partial charge in [0, 0.05) is 37.1 Å². The zero-order valence-electron chi connectivity index (χ0n) is 12.6. The Morgan fingerprint density at radius 1 is 1.05 bits per heavy atom. The second-order valence-corrected chi connectivity index (χ2v) is 7.89. The van der Waals surface area contributed by atoms with E-state index in [2.05, 4.69) is 15.9 Å². The van der Waals surface area contributed by atoms with Crippen LogP contribution in [0.1, 0.15) is 65.1 Å². The standard InChI is InChI=1S/C17H24N2OS/c20-17(18-8-4-1-5-9-18)15-10-13-11-19(12-16(13)21-15)14-6-2-3-7-14/h10,14H,1-9,11-12H2. The van der Waals surface area contributed by atoms with E-state index in [9.17, 15) is 4.79 Å². The van der Waals surface area contributed by atoms with Crippen molar-refractivity contribution in [2.75, 3.05) is 13.1 Å². The van der Waals surface area contributed by atoms with Gasteiger partial charge in [-0.1, -0.05) is 12.8 Å². The monoisotopic (exact) mass is 304 g/mol. The Hall–Kier alpha value is -0.870. The average Bonchev–Trinajstić information content (AvgIpc) is 3.22. The molecule has 1 aromatic rings. The highest BCUT2D eigenvalue weighted by Gasteiger charge is 2.31. The molecule has 1 saturated heterocycles. The summed E-state index contributed by atoms with van der Waals surface area (Å²) in [6, 6.07) is 2.98. The molecule has 2 aliphatic heterocycles. The normalized spacial score (nSPS) is 23.7. The predicted molar refractivity (Wildman–Crippen MR) is 85.6 cm³/mol. The zero-order valence-corrected chi connectivity index (χ0v) is 13.5. The Bertz CT molecular complexity index is 503. The van der Waals surface area contributed by atoms with Crippen LogP contribution in [-0.4, -0.2) is 34.8 Å². The van der Waals surface area contributed by atoms with Gasteiger partial charge in [0.25, 0.3) is 5.91 Å². The van der Waals surface area contributed by atoms with Gasteiger partial charge in [0.1, 0.15) is 0 Å². The van der Waals surface area contributed by atoms with Crippen LogP contribution in [0.25, 0.3) is 0 Å². The van der Waals surface area contributed by atoms with Crippen molar-refractivity contribution in [1.82, 2.24) is 9.80 Å². The van der Waals surface area contributed by atoms with Gasteiger partial charge in [-0.2, -0.15) is 0 Å². The second kappa shape index (κ2) is 5.73. The molecule has 0 spiro atoms. The SMILES string of the molecule is O=C(c1cc2c(s1)CN(C1CCCC1)C2)N1CCCCC1. The molecule has 1 aliphatic carbocycles. The van der Waals surface area contributed by atoms with E-state index in [0.29, 0.717) is 0 Å². The van der Waals surface area contributed by atoms with Gasteiger partial charge in [0.15, 0.2) is 0 Å². The fraction of sp³-hybridized carbons (Fsp3) is 0.706. The van der Waals surface area contributed by atoms with Crippen molar-refractivity contribution in [3.8, 4) is 0 Å². The van der Waals surface area contributed by atoms with Gasteiger partial charge in [-0.15, -0.1) is 11.3 Å². The van der Waals surface area contributed by atoms with E-state index in [1.807, 2.05) is 0 Å². The quantitative estimate of drug-likeness (QED) is 0.833. The molecule has 1 saturated carbocycles. The van der Waals surface area contributed by atoms with E-state index in [1.165, 1.54) is 55.4 Å². The van der Waals surface area contributed by atoms with Crippen LogP contribution < -0.4 is 0 Å². The van der Waals surface area contributed by atoms with E-state index < -0.39 is 0 Å². The first-order valence-electron chi connectivity index (χ1n) is 8.46. The fourth-order valence-electron chi connectivity index (χ4n) is 4.08. The first kappa shape index (κ1) is 13.8. The summed E-state index contributed by atoms with van der Waals surface area (Å²) in [5.74, 6) is 0.279. The lowest BCUT2D eigenvalue weighted by atomic mass is 10.1. The minimum atomic E-state index is 0.279. The van der Waals surface area contributed by atoms with E-state index >= 15 is 0 Å². The number of hydrogen-bond acceptors (Lipinski definition) is 3. The van der Waals surface area contributed by atoms with Crippen molar-refractivity contribution in [2.24, 2.45) is 0 Å². The highest BCUT2D eigenvalue weighted by molar-refractivity contribution is 7.14. The Morgan fingerprint density at radius 2 is 1.81 bits per heavy atom. The third kappa shape index (κ3) is 2.64. The van der Waals surface area contributed by atoms with Crippen molar-refractivity contribution in [3.63, 3.8) is 0 Å². The summed E-state index contributed by atoms with van der Waals surface area (Å²) in [7, 11) is 0. The molecule has 21 heavy (non-hydrogen) atoms. The zero-order chi connectivity index (χ0) is 14.2. The minimum Gasteiger partial charge on any atom is -0.338 e. The molecule has 3 heterocycles. The molecule has 1 aromatic heterocycles. The number of carbonyl (C=O) groups is 1. The number of nitrogens with zero attached hydrogens (tertiary/aromatic N) is 2. The topological polar surface area (TPSA) is 23.6 Å². The van der Waals surface area contributed by atoms with E-state index in [4.69, 9.17) is 0 Å². The maximum Gasteiger partial charge on any atom is 0.263 e. The highest BCUT2D eigenvalue weighted by Crippen LogP contribution is 2.36. The van der Waals surface area contributed by atoms with Crippen LogP contribution in [0.5, 0.6) is 0 Å². The molecular formula is C17H24N2OS. The number of piperidine rings is 1. The number of fused-ring (bicyclic) bond motifs is 1. The van der Waals surface area contributed by atoms with Crippen molar-refractivity contribution in [1.29, 1.82) is 0 Å². The van der Waals surface area contributed by atoms with Gasteiger partial charge < -0.3 is 4.90 Å². The van der Waals surface area contributed by atoms with Crippen molar-refractivity contribution >= 4 is 17.2 Å². The second-order valence-electron chi connectivity index (χ2n) is 6.76. The molecule has 0 atom stereocenters. The van der Waals surface area contributed by atoms with Crippen LogP contribution in [0.2, 0.25) is 0 Å². The van der Waals surface area contributed by atoms with Crippen LogP contribution in [-0.2, 0) is 13.1 Å². The van der Waals surface area contributed by atoms with Gasteiger partial charge in [-0.05, 0) is 43.7 Å². The lowest BCUT2D eigenvalue weighted by molar-refractivity contribution is 0.0729. The maximum atomic E-state index is 12.6. The number of likely N-dealkylation sites (tertiary alicyclic amines) is 1. The number of amides is 1. The third-order valence-electron chi connectivity index (χ3n) is 5.31. The van der Waals surface area contributed by atoms with E-state index in [1.54, 1.807) is 11.3 Å². The first-order chi connectivity index (χ1) is 10.3. The number of carbonyl (C=O) groups excluding carboxylic acids is 1. The minimum absolute atomic E-state index is 0.279. The number of hydrogen-bond donors (Lipinski definition) is 0. The summed E-state index contributed by atoms with van der Waals surface area (Å²) >= 11 is 1.75. The van der Waals surface area contributed by atoms with Crippen molar-refractivity contribution in [3.05, 3.63) is 21.4 Å². The number of rotatable bonds is 2. The lowest BCUT2D eigenvalue weighted by Crippen LogP contribution is -2.35. The Balaban J connectivity index is 1.44. The van der Waals surface area contributed by atoms with Crippen LogP contribution in [0.3, 0.4) is 0 Å². The molecule has 3 nitrogen and oxygen atoms in total. The molecule has 1 amide bonds. The average molecular weight is 304 g/mol. The molecular weight excluding hydrogens is 280 g/mol. The molecule has 0 bridgehead atoms. The Labute approximate surface area is 130 Å². The number of thiophene rings is 1. The molecule has 0 N–H and O–H groups in total. The first-order valence-corrected chi connectivity index (χ1v) is 9.28. The third-order valence-corrected chi connectivity index (χ3v) is 6.46. The molecule has 0 aromatic carbocycles. The molecule has 3 aliphatic rings. The van der Waals surface area contributed by atoms with Crippen LogP contribution in [0, 0.1) is 0 Å². The lowest BCUT2D eigenvalue weighted by Gasteiger charge is -2.26. The van der Waals surface area contributed by atoms with Gasteiger partial charge in [0.2, 0.25) is 0 Å². The Kier molecular flexibility index (Phi) is 3.76. The summed E-state index contributed by atoms with van der Waals surface area (Å²) in [4.78, 5) is 19.7. The van der Waals surface area contributed by atoms with Crippen molar-refractivity contribution < 1.29 is 4.79 Å². The summed E-state index contributed by atoms with van der Waals surface area (Å²) < 4.78 is 0.